The molecule has 0 fully saturated rings. The van der Waals surface area contributed by atoms with Gasteiger partial charge in [0.15, 0.2) is 0 Å². The van der Waals surface area contributed by atoms with Crippen molar-refractivity contribution >= 4 is 15.7 Å². The fourth-order valence-corrected chi connectivity index (χ4v) is 2.19. The van der Waals surface area contributed by atoms with Crippen LogP contribution in [0.3, 0.4) is 0 Å². The summed E-state index contributed by atoms with van der Waals surface area (Å²) in [7, 11) is -3.27. The van der Waals surface area contributed by atoms with Gasteiger partial charge in [-0.15, -0.1) is 0 Å². The predicted molar refractivity (Wildman–Crippen MR) is 54.3 cm³/mol. The second-order valence-electron chi connectivity index (χ2n) is 2.90. The molecule has 0 spiro atoms. The van der Waals surface area contributed by atoms with E-state index in [-0.39, 0.29) is 5.82 Å². The van der Waals surface area contributed by atoms with Crippen molar-refractivity contribution in [2.24, 2.45) is 0 Å². The zero-order chi connectivity index (χ0) is 10.8. The quantitative estimate of drug-likeness (QED) is 0.771. The highest BCUT2D eigenvalue weighted by molar-refractivity contribution is 7.92. The Morgan fingerprint density at radius 2 is 1.79 bits per heavy atom. The summed E-state index contributed by atoms with van der Waals surface area (Å²) in [5.41, 5.74) is 0.483. The summed E-state index contributed by atoms with van der Waals surface area (Å²) in [5.74, 6) is -0.377. The van der Waals surface area contributed by atoms with Crippen LogP contribution < -0.4 is 4.31 Å². The van der Waals surface area contributed by atoms with Gasteiger partial charge in [-0.1, -0.05) is 0 Å². The molecule has 0 heterocycles. The van der Waals surface area contributed by atoms with Gasteiger partial charge >= 0.3 is 0 Å². The average molecular weight is 217 g/mol. The second-order valence-corrected chi connectivity index (χ2v) is 4.81. The van der Waals surface area contributed by atoms with Gasteiger partial charge in [0.2, 0.25) is 10.0 Å². The topological polar surface area (TPSA) is 37.4 Å². The van der Waals surface area contributed by atoms with E-state index in [0.29, 0.717) is 12.2 Å². The lowest BCUT2D eigenvalue weighted by Crippen LogP contribution is -2.29. The Kier molecular flexibility index (Phi) is 3.10. The van der Waals surface area contributed by atoms with E-state index >= 15 is 0 Å². The molecule has 1 aromatic carbocycles. The SMILES string of the molecule is CCN(c1ccc(F)cc1)S(C)(=O)=O. The molecule has 0 aliphatic rings. The maximum Gasteiger partial charge on any atom is 0.232 e. The van der Waals surface area contributed by atoms with Gasteiger partial charge in [0.25, 0.3) is 0 Å². The van der Waals surface area contributed by atoms with E-state index in [1.54, 1.807) is 6.92 Å². The monoisotopic (exact) mass is 217 g/mol. The second kappa shape index (κ2) is 3.96. The van der Waals surface area contributed by atoms with E-state index in [4.69, 9.17) is 0 Å². The fraction of sp³-hybridized carbons (Fsp3) is 0.333. The molecule has 0 unspecified atom stereocenters. The Balaban J connectivity index is 3.08. The number of benzene rings is 1. The number of nitrogens with zero attached hydrogens (tertiary/aromatic N) is 1. The lowest BCUT2D eigenvalue weighted by Gasteiger charge is -2.20. The molecule has 0 bridgehead atoms. The third kappa shape index (κ3) is 2.45. The smallest absolute Gasteiger partial charge is 0.232 e. The number of rotatable bonds is 3. The van der Waals surface area contributed by atoms with Crippen LogP contribution in [0, 0.1) is 5.82 Å². The molecule has 3 nitrogen and oxygen atoms in total. The largest absolute Gasteiger partial charge is 0.271 e. The maximum absolute atomic E-state index is 12.6. The minimum atomic E-state index is -3.27. The van der Waals surface area contributed by atoms with E-state index in [2.05, 4.69) is 0 Å². The van der Waals surface area contributed by atoms with Crippen molar-refractivity contribution in [1.29, 1.82) is 0 Å². The standard InChI is InChI=1S/C9H12FNO2S/c1-3-11(14(2,12)13)9-6-4-8(10)5-7-9/h4-7H,3H2,1-2H3. The Bertz CT molecular complexity index is 399. The summed E-state index contributed by atoms with van der Waals surface area (Å²) in [4.78, 5) is 0. The van der Waals surface area contributed by atoms with Gasteiger partial charge in [-0.2, -0.15) is 0 Å². The molecule has 0 aromatic heterocycles. The first-order chi connectivity index (χ1) is 6.45. The molecule has 0 aliphatic heterocycles. The van der Waals surface area contributed by atoms with Gasteiger partial charge in [-0.05, 0) is 31.2 Å². The van der Waals surface area contributed by atoms with Crippen LogP contribution in [-0.2, 0) is 10.0 Å². The number of hydrogen-bond donors (Lipinski definition) is 0. The normalized spacial score (nSPS) is 11.4. The summed E-state index contributed by atoms with van der Waals surface area (Å²) in [6.45, 7) is 2.06. The first-order valence-electron chi connectivity index (χ1n) is 4.18. The highest BCUT2D eigenvalue weighted by Crippen LogP contribution is 2.17. The van der Waals surface area contributed by atoms with Gasteiger partial charge in [0.05, 0.1) is 11.9 Å². The molecule has 1 rings (SSSR count). The zero-order valence-corrected chi connectivity index (χ0v) is 8.88. The third-order valence-electron chi connectivity index (χ3n) is 1.80. The molecule has 0 amide bonds. The third-order valence-corrected chi connectivity index (χ3v) is 3.07. The van der Waals surface area contributed by atoms with Crippen molar-refractivity contribution in [3.63, 3.8) is 0 Å². The highest BCUT2D eigenvalue weighted by atomic mass is 32.2. The van der Waals surface area contributed by atoms with Gasteiger partial charge in [-0.3, -0.25) is 4.31 Å². The zero-order valence-electron chi connectivity index (χ0n) is 8.07. The first-order valence-corrected chi connectivity index (χ1v) is 6.03. The Morgan fingerprint density at radius 1 is 1.29 bits per heavy atom. The van der Waals surface area contributed by atoms with Crippen molar-refractivity contribution in [2.45, 2.75) is 6.92 Å². The Hall–Kier alpha value is -1.10. The van der Waals surface area contributed by atoms with E-state index in [0.717, 1.165) is 6.26 Å². The van der Waals surface area contributed by atoms with Crippen molar-refractivity contribution in [2.75, 3.05) is 17.1 Å². The Morgan fingerprint density at radius 3 is 2.14 bits per heavy atom. The molecule has 0 radical (unpaired) electrons. The van der Waals surface area contributed by atoms with E-state index in [1.807, 2.05) is 0 Å². The van der Waals surface area contributed by atoms with Gasteiger partial charge in [-0.25, -0.2) is 12.8 Å². The van der Waals surface area contributed by atoms with E-state index in [1.165, 1.54) is 28.6 Å². The minimum Gasteiger partial charge on any atom is -0.271 e. The number of anilines is 1. The first kappa shape index (κ1) is 11.0. The molecule has 5 heteroatoms. The average Bonchev–Trinajstić information content (AvgIpc) is 2.07. The van der Waals surface area contributed by atoms with E-state index < -0.39 is 10.0 Å². The molecular formula is C9H12FNO2S. The van der Waals surface area contributed by atoms with Crippen molar-refractivity contribution in [1.82, 2.24) is 0 Å². The molecule has 0 aliphatic carbocycles. The number of sulfonamides is 1. The summed E-state index contributed by atoms with van der Waals surface area (Å²) < 4.78 is 36.4. The van der Waals surface area contributed by atoms with Crippen LogP contribution in [0.25, 0.3) is 0 Å². The molecule has 0 saturated heterocycles. The number of hydrogen-bond acceptors (Lipinski definition) is 2. The number of halogens is 1. The summed E-state index contributed by atoms with van der Waals surface area (Å²) in [5, 5.41) is 0. The van der Waals surface area contributed by atoms with Crippen LogP contribution in [0.1, 0.15) is 6.92 Å². The molecule has 78 valence electrons. The van der Waals surface area contributed by atoms with Gasteiger partial charge < -0.3 is 0 Å². The van der Waals surface area contributed by atoms with Crippen molar-refractivity contribution in [3.05, 3.63) is 30.1 Å². The van der Waals surface area contributed by atoms with Crippen LogP contribution in [-0.4, -0.2) is 21.2 Å². The molecule has 14 heavy (non-hydrogen) atoms. The van der Waals surface area contributed by atoms with Crippen LogP contribution in [0.4, 0.5) is 10.1 Å². The van der Waals surface area contributed by atoms with Gasteiger partial charge in [0, 0.05) is 6.54 Å². The van der Waals surface area contributed by atoms with Crippen LogP contribution in [0.5, 0.6) is 0 Å². The predicted octanol–water partition coefficient (Wildman–Crippen LogP) is 1.61. The molecule has 0 N–H and O–H groups in total. The van der Waals surface area contributed by atoms with Crippen molar-refractivity contribution < 1.29 is 12.8 Å². The highest BCUT2D eigenvalue weighted by Gasteiger charge is 2.14. The molecular weight excluding hydrogens is 205 g/mol. The molecule has 1 aromatic rings. The maximum atomic E-state index is 12.6. The minimum absolute atomic E-state index is 0.338. The molecule has 0 saturated carbocycles. The van der Waals surface area contributed by atoms with Crippen molar-refractivity contribution in [3.8, 4) is 0 Å². The van der Waals surface area contributed by atoms with Crippen LogP contribution in [0.15, 0.2) is 24.3 Å². The fourth-order valence-electron chi connectivity index (χ4n) is 1.22. The summed E-state index contributed by atoms with van der Waals surface area (Å²) in [6, 6.07) is 5.37. The van der Waals surface area contributed by atoms with Crippen LogP contribution in [0.2, 0.25) is 0 Å². The van der Waals surface area contributed by atoms with Crippen LogP contribution >= 0.6 is 0 Å². The lowest BCUT2D eigenvalue weighted by atomic mass is 10.3. The summed E-state index contributed by atoms with van der Waals surface area (Å²) >= 11 is 0. The molecule has 0 atom stereocenters. The van der Waals surface area contributed by atoms with E-state index in [9.17, 15) is 12.8 Å². The summed E-state index contributed by atoms with van der Waals surface area (Å²) in [6.07, 6.45) is 1.12. The van der Waals surface area contributed by atoms with Gasteiger partial charge in [0.1, 0.15) is 5.82 Å². The lowest BCUT2D eigenvalue weighted by molar-refractivity contribution is 0.597. The Labute approximate surface area is 83.2 Å².